The minimum Gasteiger partial charge on any atom is -0.481 e. The van der Waals surface area contributed by atoms with Gasteiger partial charge in [0.2, 0.25) is 0 Å². The van der Waals surface area contributed by atoms with Gasteiger partial charge in [0.05, 0.1) is 12.8 Å². The Hall–Kier alpha value is -1.84. The number of carbonyl (C=O) groups is 2. The first-order chi connectivity index (χ1) is 8.40. The summed E-state index contributed by atoms with van der Waals surface area (Å²) in [6.45, 7) is 5.96. The predicted molar refractivity (Wildman–Crippen MR) is 67.8 cm³/mol. The Morgan fingerprint density at radius 1 is 1.28 bits per heavy atom. The Labute approximate surface area is 107 Å². The maximum Gasteiger partial charge on any atom is 0.311 e. The van der Waals surface area contributed by atoms with Crippen molar-refractivity contribution in [2.45, 2.75) is 39.5 Å². The van der Waals surface area contributed by atoms with Crippen LogP contribution < -0.4 is 4.74 Å². The first-order valence-corrected chi connectivity index (χ1v) is 5.93. The second kappa shape index (κ2) is 6.19. The van der Waals surface area contributed by atoms with Crippen LogP contribution in [0.1, 0.15) is 43.7 Å². The van der Waals surface area contributed by atoms with Crippen molar-refractivity contribution in [3.05, 3.63) is 29.3 Å². The molecule has 0 radical (unpaired) electrons. The molecule has 1 N–H and O–H groups in total. The molecule has 0 aliphatic carbocycles. The zero-order chi connectivity index (χ0) is 13.7. The summed E-state index contributed by atoms with van der Waals surface area (Å²) in [6.07, 6.45) is -0.317. The molecular weight excluding hydrogens is 232 g/mol. The van der Waals surface area contributed by atoms with Crippen LogP contribution in [0.15, 0.2) is 18.2 Å². The van der Waals surface area contributed by atoms with Crippen molar-refractivity contribution in [2.24, 2.45) is 0 Å². The summed E-state index contributed by atoms with van der Waals surface area (Å²) >= 11 is 0. The molecule has 0 heterocycles. The van der Waals surface area contributed by atoms with E-state index in [1.165, 1.54) is 0 Å². The van der Waals surface area contributed by atoms with E-state index >= 15 is 0 Å². The second-order valence-electron chi connectivity index (χ2n) is 4.55. The summed E-state index contributed by atoms with van der Waals surface area (Å²) < 4.78 is 5.18. The number of hydrogen-bond acceptors (Lipinski definition) is 3. The number of esters is 1. The van der Waals surface area contributed by atoms with Crippen LogP contribution in [-0.4, -0.2) is 17.0 Å². The first kappa shape index (κ1) is 14.2. The van der Waals surface area contributed by atoms with Crippen molar-refractivity contribution in [1.82, 2.24) is 0 Å². The first-order valence-electron chi connectivity index (χ1n) is 5.93. The molecule has 0 aliphatic heterocycles. The summed E-state index contributed by atoms with van der Waals surface area (Å²) in [7, 11) is 0. The molecule has 0 saturated carbocycles. The van der Waals surface area contributed by atoms with Gasteiger partial charge in [-0.25, -0.2) is 0 Å². The lowest BCUT2D eigenvalue weighted by Gasteiger charge is -2.11. The third kappa shape index (κ3) is 4.20. The number of aryl methyl sites for hydroxylation is 1. The lowest BCUT2D eigenvalue weighted by molar-refractivity contribution is -0.142. The van der Waals surface area contributed by atoms with Gasteiger partial charge in [-0.3, -0.25) is 9.59 Å². The minimum absolute atomic E-state index is 0.110. The molecule has 0 unspecified atom stereocenters. The van der Waals surface area contributed by atoms with E-state index in [0.29, 0.717) is 11.7 Å². The molecular formula is C14H18O4. The molecule has 0 bridgehead atoms. The molecule has 0 saturated heterocycles. The van der Waals surface area contributed by atoms with Crippen LogP contribution in [0.25, 0.3) is 0 Å². The smallest absolute Gasteiger partial charge is 0.311 e. The Morgan fingerprint density at radius 3 is 2.50 bits per heavy atom. The number of carboxylic acid groups (broad SMARTS) is 1. The van der Waals surface area contributed by atoms with Gasteiger partial charge in [0.15, 0.2) is 0 Å². The van der Waals surface area contributed by atoms with E-state index in [4.69, 9.17) is 9.84 Å². The van der Waals surface area contributed by atoms with E-state index in [2.05, 4.69) is 13.8 Å². The monoisotopic (exact) mass is 250 g/mol. The van der Waals surface area contributed by atoms with Gasteiger partial charge in [-0.05, 0) is 30.0 Å². The quantitative estimate of drug-likeness (QED) is 0.644. The van der Waals surface area contributed by atoms with E-state index in [1.807, 2.05) is 25.1 Å². The van der Waals surface area contributed by atoms with E-state index in [9.17, 15) is 9.59 Å². The number of benzene rings is 1. The highest BCUT2D eigenvalue weighted by Crippen LogP contribution is 2.24. The third-order valence-corrected chi connectivity index (χ3v) is 2.65. The fraction of sp³-hybridized carbons (Fsp3) is 0.429. The van der Waals surface area contributed by atoms with E-state index < -0.39 is 11.9 Å². The second-order valence-corrected chi connectivity index (χ2v) is 4.55. The number of hydrogen-bond donors (Lipinski definition) is 1. The van der Waals surface area contributed by atoms with Crippen molar-refractivity contribution in [2.75, 3.05) is 0 Å². The van der Waals surface area contributed by atoms with Crippen LogP contribution in [-0.2, 0) is 9.59 Å². The number of carbonyl (C=O) groups excluding carboxylic acids is 1. The topological polar surface area (TPSA) is 63.6 Å². The number of carboxylic acids is 1. The van der Waals surface area contributed by atoms with Gasteiger partial charge in [-0.1, -0.05) is 26.0 Å². The minimum atomic E-state index is -1.00. The van der Waals surface area contributed by atoms with Gasteiger partial charge in [0.1, 0.15) is 5.75 Å². The SMILES string of the molecule is Cc1ccc(C(C)C)cc1OC(=O)CCC(=O)O. The van der Waals surface area contributed by atoms with Crippen LogP contribution in [0.2, 0.25) is 0 Å². The average molecular weight is 250 g/mol. The summed E-state index contributed by atoms with van der Waals surface area (Å²) in [6, 6.07) is 5.72. The molecule has 18 heavy (non-hydrogen) atoms. The number of ether oxygens (including phenoxy) is 1. The van der Waals surface area contributed by atoms with Crippen molar-refractivity contribution in [3.63, 3.8) is 0 Å². The lowest BCUT2D eigenvalue weighted by atomic mass is 10.0. The van der Waals surface area contributed by atoms with Crippen LogP contribution in [0.5, 0.6) is 5.75 Å². The molecule has 0 spiro atoms. The standard InChI is InChI=1S/C14H18O4/c1-9(2)11-5-4-10(3)12(8-11)18-14(17)7-6-13(15)16/h4-5,8-9H,6-7H2,1-3H3,(H,15,16). The number of rotatable bonds is 5. The lowest BCUT2D eigenvalue weighted by Crippen LogP contribution is -2.11. The summed E-state index contributed by atoms with van der Waals surface area (Å²) in [5.74, 6) is -0.653. The molecule has 1 aromatic rings. The molecule has 98 valence electrons. The van der Waals surface area contributed by atoms with Crippen LogP contribution in [0.4, 0.5) is 0 Å². The Morgan fingerprint density at radius 2 is 1.94 bits per heavy atom. The Bertz CT molecular complexity index is 449. The highest BCUT2D eigenvalue weighted by atomic mass is 16.5. The normalized spacial score (nSPS) is 10.4. The number of aliphatic carboxylic acids is 1. The highest BCUT2D eigenvalue weighted by Gasteiger charge is 2.11. The molecule has 4 nitrogen and oxygen atoms in total. The summed E-state index contributed by atoms with van der Waals surface area (Å²) in [5.41, 5.74) is 1.95. The van der Waals surface area contributed by atoms with Crippen molar-refractivity contribution in [3.8, 4) is 5.75 Å². The van der Waals surface area contributed by atoms with E-state index in [-0.39, 0.29) is 12.8 Å². The fourth-order valence-electron chi connectivity index (χ4n) is 1.47. The van der Waals surface area contributed by atoms with Gasteiger partial charge in [-0.2, -0.15) is 0 Å². The van der Waals surface area contributed by atoms with Crippen LogP contribution in [0, 0.1) is 6.92 Å². The molecule has 1 rings (SSSR count). The molecule has 0 aromatic heterocycles. The molecule has 4 heteroatoms. The van der Waals surface area contributed by atoms with Gasteiger partial charge < -0.3 is 9.84 Å². The Kier molecular flexibility index (Phi) is 4.89. The third-order valence-electron chi connectivity index (χ3n) is 2.65. The van der Waals surface area contributed by atoms with Crippen LogP contribution >= 0.6 is 0 Å². The van der Waals surface area contributed by atoms with Crippen LogP contribution in [0.3, 0.4) is 0 Å². The maximum absolute atomic E-state index is 11.5. The highest BCUT2D eigenvalue weighted by molar-refractivity contribution is 5.78. The van der Waals surface area contributed by atoms with E-state index in [1.54, 1.807) is 0 Å². The average Bonchev–Trinajstić information content (AvgIpc) is 2.29. The largest absolute Gasteiger partial charge is 0.481 e. The molecule has 0 amide bonds. The van der Waals surface area contributed by atoms with Crippen molar-refractivity contribution < 1.29 is 19.4 Å². The van der Waals surface area contributed by atoms with Gasteiger partial charge >= 0.3 is 11.9 Å². The summed E-state index contributed by atoms with van der Waals surface area (Å²) in [5, 5.41) is 8.49. The zero-order valence-corrected chi connectivity index (χ0v) is 10.9. The molecule has 0 atom stereocenters. The van der Waals surface area contributed by atoms with Crippen molar-refractivity contribution in [1.29, 1.82) is 0 Å². The van der Waals surface area contributed by atoms with Gasteiger partial charge in [0.25, 0.3) is 0 Å². The molecule has 0 aliphatic rings. The molecule has 1 aromatic carbocycles. The fourth-order valence-corrected chi connectivity index (χ4v) is 1.47. The maximum atomic E-state index is 11.5. The molecule has 0 fully saturated rings. The van der Waals surface area contributed by atoms with Gasteiger partial charge in [-0.15, -0.1) is 0 Å². The predicted octanol–water partition coefficient (Wildman–Crippen LogP) is 2.89. The zero-order valence-electron chi connectivity index (χ0n) is 10.9. The van der Waals surface area contributed by atoms with Gasteiger partial charge in [0, 0.05) is 0 Å². The summed E-state index contributed by atoms with van der Waals surface area (Å²) in [4.78, 5) is 21.8. The van der Waals surface area contributed by atoms with E-state index in [0.717, 1.165) is 11.1 Å². The Balaban J connectivity index is 2.74. The van der Waals surface area contributed by atoms with Crippen molar-refractivity contribution >= 4 is 11.9 Å².